The molecule has 84 valence electrons. The van der Waals surface area contributed by atoms with Gasteiger partial charge in [0, 0.05) is 0 Å². The van der Waals surface area contributed by atoms with Crippen LogP contribution < -0.4 is 5.73 Å². The summed E-state index contributed by atoms with van der Waals surface area (Å²) in [5, 5.41) is 0. The van der Waals surface area contributed by atoms with E-state index in [-0.39, 0.29) is 11.3 Å². The number of benzene rings is 1. The lowest BCUT2D eigenvalue weighted by Crippen LogP contribution is -2.17. The van der Waals surface area contributed by atoms with E-state index >= 15 is 0 Å². The highest BCUT2D eigenvalue weighted by atomic mass is 16.5. The Morgan fingerprint density at radius 3 is 2.19 bits per heavy atom. The average molecular weight is 219 g/mol. The largest absolute Gasteiger partial charge is 0.465 e. The molecule has 0 aromatic heterocycles. The Bertz CT molecular complexity index is 435. The van der Waals surface area contributed by atoms with Gasteiger partial charge < -0.3 is 10.5 Å². The van der Waals surface area contributed by atoms with Gasteiger partial charge in [0.05, 0.1) is 12.8 Å². The summed E-state index contributed by atoms with van der Waals surface area (Å²) in [4.78, 5) is 22.7. The summed E-state index contributed by atoms with van der Waals surface area (Å²) in [7, 11) is 1.21. The smallest absolute Gasteiger partial charge is 0.343 e. The van der Waals surface area contributed by atoms with Crippen molar-refractivity contribution in [3.05, 3.63) is 41.5 Å². The van der Waals surface area contributed by atoms with Gasteiger partial charge in [0.15, 0.2) is 5.78 Å². The maximum Gasteiger partial charge on any atom is 0.343 e. The molecule has 0 unspecified atom stereocenters. The molecule has 2 N–H and O–H groups in total. The average Bonchev–Trinajstić information content (AvgIpc) is 2.29. The molecule has 0 heterocycles. The maximum atomic E-state index is 11.4. The number of Topliss-reactive ketones (excluding diaryl/α,β-unsaturated/α-hetero) is 1. The monoisotopic (exact) mass is 219 g/mol. The van der Waals surface area contributed by atoms with Crippen LogP contribution in [-0.4, -0.2) is 18.9 Å². The van der Waals surface area contributed by atoms with Crippen LogP contribution in [0, 0.1) is 0 Å². The molecule has 0 aliphatic heterocycles. The second-order valence-electron chi connectivity index (χ2n) is 3.20. The summed E-state index contributed by atoms with van der Waals surface area (Å²) in [5.74, 6) is -1.12. The summed E-state index contributed by atoms with van der Waals surface area (Å²) in [6.45, 7) is 1.28. The zero-order valence-electron chi connectivity index (χ0n) is 9.19. The Morgan fingerprint density at radius 2 is 1.75 bits per heavy atom. The van der Waals surface area contributed by atoms with Crippen LogP contribution in [0.25, 0.3) is 5.70 Å². The third kappa shape index (κ3) is 2.48. The molecule has 1 rings (SSSR count). The first-order valence-corrected chi connectivity index (χ1v) is 4.72. The Labute approximate surface area is 93.7 Å². The molecule has 1 aromatic rings. The number of hydrogen-bond donors (Lipinski definition) is 1. The van der Waals surface area contributed by atoms with Crippen molar-refractivity contribution in [3.8, 4) is 0 Å². The first kappa shape index (κ1) is 12.0. The fourth-order valence-electron chi connectivity index (χ4n) is 1.31. The molecule has 0 saturated carbocycles. The highest BCUT2D eigenvalue weighted by Crippen LogP contribution is 2.15. The van der Waals surface area contributed by atoms with Gasteiger partial charge in [-0.05, 0) is 12.5 Å². The molecule has 16 heavy (non-hydrogen) atoms. The standard InChI is InChI=1S/C12H13NO3/c1-8(14)10(12(15)16-2)11(13)9-6-4-3-5-7-9/h3-7H,13H2,1-2H3/b11-10+. The van der Waals surface area contributed by atoms with Crippen molar-refractivity contribution >= 4 is 17.4 Å². The van der Waals surface area contributed by atoms with E-state index < -0.39 is 11.8 Å². The van der Waals surface area contributed by atoms with E-state index in [4.69, 9.17) is 5.73 Å². The normalized spacial score (nSPS) is 11.6. The molecule has 0 saturated heterocycles. The number of hydrogen-bond acceptors (Lipinski definition) is 4. The van der Waals surface area contributed by atoms with Crippen molar-refractivity contribution in [1.29, 1.82) is 0 Å². The van der Waals surface area contributed by atoms with E-state index in [1.54, 1.807) is 24.3 Å². The predicted octanol–water partition coefficient (Wildman–Crippen LogP) is 1.12. The van der Waals surface area contributed by atoms with Crippen LogP contribution in [0.2, 0.25) is 0 Å². The maximum absolute atomic E-state index is 11.4. The number of ether oxygens (including phenoxy) is 1. The third-order valence-corrected chi connectivity index (χ3v) is 2.10. The molecule has 0 amide bonds. The lowest BCUT2D eigenvalue weighted by atomic mass is 10.0. The number of rotatable bonds is 3. The van der Waals surface area contributed by atoms with Crippen LogP contribution in [0.1, 0.15) is 12.5 Å². The van der Waals surface area contributed by atoms with Gasteiger partial charge in [0.25, 0.3) is 0 Å². The molecule has 0 spiro atoms. The van der Waals surface area contributed by atoms with Gasteiger partial charge in [0.2, 0.25) is 0 Å². The Kier molecular flexibility index (Phi) is 3.83. The van der Waals surface area contributed by atoms with Crippen molar-refractivity contribution in [2.75, 3.05) is 7.11 Å². The first-order chi connectivity index (χ1) is 7.57. The van der Waals surface area contributed by atoms with E-state index in [1.807, 2.05) is 6.07 Å². The summed E-state index contributed by atoms with van der Waals surface area (Å²) < 4.78 is 4.52. The fraction of sp³-hybridized carbons (Fsp3) is 0.167. The van der Waals surface area contributed by atoms with E-state index in [0.717, 1.165) is 0 Å². The number of ketones is 1. The van der Waals surface area contributed by atoms with Crippen LogP contribution in [0.3, 0.4) is 0 Å². The number of nitrogens with two attached hydrogens (primary N) is 1. The van der Waals surface area contributed by atoms with Crippen LogP contribution in [0.4, 0.5) is 0 Å². The first-order valence-electron chi connectivity index (χ1n) is 4.72. The van der Waals surface area contributed by atoms with Crippen molar-refractivity contribution in [2.45, 2.75) is 6.92 Å². The second-order valence-corrected chi connectivity index (χ2v) is 3.20. The molecule has 0 aliphatic carbocycles. The molecule has 0 fully saturated rings. The van der Waals surface area contributed by atoms with E-state index in [1.165, 1.54) is 14.0 Å². The number of esters is 1. The number of carbonyl (C=O) groups excluding carboxylic acids is 2. The Hall–Kier alpha value is -2.10. The number of methoxy groups -OCH3 is 1. The zero-order valence-corrected chi connectivity index (χ0v) is 9.19. The van der Waals surface area contributed by atoms with Crippen LogP contribution in [0.15, 0.2) is 35.9 Å². The third-order valence-electron chi connectivity index (χ3n) is 2.10. The molecule has 4 nitrogen and oxygen atoms in total. The fourth-order valence-corrected chi connectivity index (χ4v) is 1.31. The molecular weight excluding hydrogens is 206 g/mol. The highest BCUT2D eigenvalue weighted by molar-refractivity contribution is 6.21. The minimum Gasteiger partial charge on any atom is -0.465 e. The van der Waals surface area contributed by atoms with Gasteiger partial charge in [-0.15, -0.1) is 0 Å². The molecular formula is C12H13NO3. The van der Waals surface area contributed by atoms with Crippen molar-refractivity contribution < 1.29 is 14.3 Å². The molecule has 0 aliphatic rings. The van der Waals surface area contributed by atoms with E-state index in [9.17, 15) is 9.59 Å². The van der Waals surface area contributed by atoms with Crippen molar-refractivity contribution in [2.24, 2.45) is 5.73 Å². The van der Waals surface area contributed by atoms with Crippen molar-refractivity contribution in [3.63, 3.8) is 0 Å². The molecule has 1 aromatic carbocycles. The molecule has 0 radical (unpaired) electrons. The van der Waals surface area contributed by atoms with Gasteiger partial charge >= 0.3 is 5.97 Å². The van der Waals surface area contributed by atoms with E-state index in [2.05, 4.69) is 4.74 Å². The Morgan fingerprint density at radius 1 is 1.19 bits per heavy atom. The molecule has 0 bridgehead atoms. The molecule has 0 atom stereocenters. The lowest BCUT2D eigenvalue weighted by molar-refractivity contribution is -0.137. The van der Waals surface area contributed by atoms with Gasteiger partial charge in [-0.3, -0.25) is 4.79 Å². The van der Waals surface area contributed by atoms with Crippen molar-refractivity contribution in [1.82, 2.24) is 0 Å². The SMILES string of the molecule is COC(=O)/C(C(C)=O)=C(/N)c1ccccc1. The quantitative estimate of drug-likeness (QED) is 0.358. The van der Waals surface area contributed by atoms with Crippen LogP contribution in [-0.2, 0) is 14.3 Å². The predicted molar refractivity (Wildman–Crippen MR) is 60.2 cm³/mol. The van der Waals surface area contributed by atoms with Crippen LogP contribution >= 0.6 is 0 Å². The highest BCUT2D eigenvalue weighted by Gasteiger charge is 2.19. The summed E-state index contributed by atoms with van der Waals surface area (Å²) >= 11 is 0. The minimum atomic E-state index is -0.714. The molecule has 4 heteroatoms. The van der Waals surface area contributed by atoms with Gasteiger partial charge in [-0.1, -0.05) is 30.3 Å². The summed E-state index contributed by atoms with van der Waals surface area (Å²) in [6, 6.07) is 8.82. The summed E-state index contributed by atoms with van der Waals surface area (Å²) in [5.41, 5.74) is 6.42. The van der Waals surface area contributed by atoms with Gasteiger partial charge in [-0.25, -0.2) is 4.79 Å². The topological polar surface area (TPSA) is 69.4 Å². The summed E-state index contributed by atoms with van der Waals surface area (Å²) in [6.07, 6.45) is 0. The zero-order chi connectivity index (χ0) is 12.1. The van der Waals surface area contributed by atoms with Crippen LogP contribution in [0.5, 0.6) is 0 Å². The number of carbonyl (C=O) groups is 2. The van der Waals surface area contributed by atoms with E-state index in [0.29, 0.717) is 5.56 Å². The van der Waals surface area contributed by atoms with Gasteiger partial charge in [-0.2, -0.15) is 0 Å². The second kappa shape index (κ2) is 5.11. The van der Waals surface area contributed by atoms with Gasteiger partial charge in [0.1, 0.15) is 5.57 Å². The minimum absolute atomic E-state index is 0.117. The lowest BCUT2D eigenvalue weighted by Gasteiger charge is -2.07. The Balaban J connectivity index is 3.28.